The average Bonchev–Trinajstić information content (AvgIpc) is 3.69. The monoisotopic (exact) mass is 819 g/mol. The Hall–Kier alpha value is -3.05. The molecule has 6 aliphatic rings. The molecular formula is C48H74N4O7. The van der Waals surface area contributed by atoms with Crippen molar-refractivity contribution in [2.75, 3.05) is 13.1 Å². The van der Waals surface area contributed by atoms with Crippen LogP contribution in [0, 0.1) is 68.0 Å². The molecule has 11 nitrogen and oxygen atoms in total. The van der Waals surface area contributed by atoms with Crippen LogP contribution < -0.4 is 10.6 Å². The fourth-order valence-corrected chi connectivity index (χ4v) is 15.0. The summed E-state index contributed by atoms with van der Waals surface area (Å²) in [4.78, 5) is 56.8. The molecule has 1 amide bonds. The lowest BCUT2D eigenvalue weighted by Crippen LogP contribution is -2.66. The molecule has 0 spiro atoms. The van der Waals surface area contributed by atoms with Crippen molar-refractivity contribution < 1.29 is 34.1 Å². The van der Waals surface area contributed by atoms with Gasteiger partial charge in [-0.25, -0.2) is 4.98 Å². The minimum absolute atomic E-state index is 0.0219. The maximum absolute atomic E-state index is 14.2. The van der Waals surface area contributed by atoms with Crippen molar-refractivity contribution in [2.45, 2.75) is 158 Å². The van der Waals surface area contributed by atoms with E-state index >= 15 is 0 Å². The van der Waals surface area contributed by atoms with Crippen LogP contribution in [-0.2, 0) is 26.2 Å². The number of carboxylic acids is 1. The lowest BCUT2D eigenvalue weighted by atomic mass is 9.33. The lowest BCUT2D eigenvalue weighted by Gasteiger charge is -2.72. The normalized spacial score (nSPS) is 39.0. The Labute approximate surface area is 352 Å². The minimum atomic E-state index is -0.838. The van der Waals surface area contributed by atoms with E-state index in [4.69, 9.17) is 4.74 Å². The van der Waals surface area contributed by atoms with Crippen LogP contribution in [0.2, 0.25) is 0 Å². The first-order valence-corrected chi connectivity index (χ1v) is 22.7. The van der Waals surface area contributed by atoms with Gasteiger partial charge in [-0.3, -0.25) is 19.2 Å². The van der Waals surface area contributed by atoms with Crippen LogP contribution in [0.1, 0.15) is 151 Å². The van der Waals surface area contributed by atoms with Crippen LogP contribution in [0.5, 0.6) is 0 Å². The van der Waals surface area contributed by atoms with Gasteiger partial charge in [0.05, 0.1) is 17.9 Å². The largest absolute Gasteiger partial charge is 0.481 e. The summed E-state index contributed by atoms with van der Waals surface area (Å²) in [6.45, 7) is 24.9. The van der Waals surface area contributed by atoms with E-state index < -0.39 is 40.3 Å². The zero-order chi connectivity index (χ0) is 43.5. The number of amides is 1. The highest BCUT2D eigenvalue weighted by molar-refractivity contribution is 6.00. The van der Waals surface area contributed by atoms with Crippen molar-refractivity contribution in [3.63, 3.8) is 0 Å². The molecule has 0 unspecified atom stereocenters. The Bertz CT molecular complexity index is 1910. The van der Waals surface area contributed by atoms with E-state index in [1.54, 1.807) is 24.0 Å². The zero-order valence-corrected chi connectivity index (χ0v) is 38.1. The Morgan fingerprint density at radius 3 is 2.24 bits per heavy atom. The molecule has 4 N–H and O–H groups in total. The number of aryl methyl sites for hydroxylation is 1. The van der Waals surface area contributed by atoms with Crippen LogP contribution in [0.15, 0.2) is 23.5 Å². The summed E-state index contributed by atoms with van der Waals surface area (Å²) in [6.07, 6.45) is 10.8. The van der Waals surface area contributed by atoms with E-state index in [2.05, 4.69) is 64.1 Å². The molecule has 1 aromatic rings. The van der Waals surface area contributed by atoms with Crippen molar-refractivity contribution in [3.8, 4) is 0 Å². The molecule has 5 saturated carbocycles. The second kappa shape index (κ2) is 14.5. The molecule has 11 heteroatoms. The molecular weight excluding hydrogens is 745 g/mol. The van der Waals surface area contributed by atoms with Gasteiger partial charge in [-0.2, -0.15) is 0 Å². The van der Waals surface area contributed by atoms with Crippen LogP contribution in [0.25, 0.3) is 0 Å². The number of nitrogens with one attached hydrogen (secondary N) is 2. The van der Waals surface area contributed by atoms with Gasteiger partial charge in [0.1, 0.15) is 6.10 Å². The number of ether oxygens (including phenoxy) is 1. The predicted octanol–water partition coefficient (Wildman–Crippen LogP) is 7.52. The van der Waals surface area contributed by atoms with E-state index in [-0.39, 0.29) is 57.3 Å². The second-order valence-electron chi connectivity index (χ2n) is 23.0. The molecule has 328 valence electrons. The number of allylic oxidation sites excluding steroid dienone is 1. The number of aliphatic hydroxyl groups is 1. The van der Waals surface area contributed by atoms with E-state index in [1.165, 1.54) is 5.57 Å². The summed E-state index contributed by atoms with van der Waals surface area (Å²) >= 11 is 0. The minimum Gasteiger partial charge on any atom is -0.481 e. The number of rotatable bonds is 11. The Morgan fingerprint density at radius 1 is 0.932 bits per heavy atom. The number of carboxylic acid groups (broad SMARTS) is 1. The third-order valence-corrected chi connectivity index (χ3v) is 18.6. The van der Waals surface area contributed by atoms with Gasteiger partial charge >= 0.3 is 11.9 Å². The van der Waals surface area contributed by atoms with Gasteiger partial charge in [-0.1, -0.05) is 67.9 Å². The number of carbonyl (C=O) groups excluding carboxylic acids is 3. The van der Waals surface area contributed by atoms with Gasteiger partial charge in [-0.15, -0.1) is 0 Å². The molecule has 1 heterocycles. The zero-order valence-electron chi connectivity index (χ0n) is 38.1. The quantitative estimate of drug-likeness (QED) is 0.166. The summed E-state index contributed by atoms with van der Waals surface area (Å²) in [6, 6.07) is 0. The van der Waals surface area contributed by atoms with Crippen LogP contribution in [0.3, 0.4) is 0 Å². The van der Waals surface area contributed by atoms with Crippen molar-refractivity contribution in [1.82, 2.24) is 20.2 Å². The fourth-order valence-electron chi connectivity index (χ4n) is 15.0. The number of nitrogens with zero attached hydrogens (tertiary/aromatic N) is 2. The molecule has 0 saturated heterocycles. The topological polar surface area (TPSA) is 160 Å². The lowest BCUT2D eigenvalue weighted by molar-refractivity contribution is -0.238. The number of aliphatic carboxylic acids is 1. The SMILES string of the molecule is CC(C)C1=C2[C@H]3CC[C@@H]4[C@@]5(C)CC[C@H](OC(=O)[C@H]6C[C@@H](C(=O)O)C6(C)C)C(C)(C)[C@@H]5CC[C@@]4(C)[C@]3(C)CC[C@@]2([C@@H](O)CNCC(C)(C)NC(=O)c2nccn2C)CC1=O. The highest BCUT2D eigenvalue weighted by atomic mass is 16.5. The molecule has 59 heavy (non-hydrogen) atoms. The smallest absolute Gasteiger partial charge is 0.309 e. The van der Waals surface area contributed by atoms with Gasteiger partial charge in [0.15, 0.2) is 11.6 Å². The number of ketones is 1. The number of carbonyl (C=O) groups is 4. The van der Waals surface area contributed by atoms with E-state index in [9.17, 15) is 29.4 Å². The van der Waals surface area contributed by atoms with Gasteiger partial charge in [0, 0.05) is 55.3 Å². The van der Waals surface area contributed by atoms with E-state index in [1.807, 2.05) is 27.7 Å². The first-order chi connectivity index (χ1) is 27.3. The third-order valence-electron chi connectivity index (χ3n) is 18.6. The highest BCUT2D eigenvalue weighted by Crippen LogP contribution is 2.77. The molecule has 0 aliphatic heterocycles. The number of fused-ring (bicyclic) bond motifs is 7. The van der Waals surface area contributed by atoms with Gasteiger partial charge < -0.3 is 30.2 Å². The molecule has 6 aliphatic carbocycles. The summed E-state index contributed by atoms with van der Waals surface area (Å²) in [7, 11) is 1.79. The van der Waals surface area contributed by atoms with Crippen LogP contribution in [-0.4, -0.2) is 74.2 Å². The summed E-state index contributed by atoms with van der Waals surface area (Å²) < 4.78 is 8.12. The summed E-state index contributed by atoms with van der Waals surface area (Å²) in [5.41, 5.74) is 0.155. The molecule has 11 atom stereocenters. The van der Waals surface area contributed by atoms with Gasteiger partial charge in [0.25, 0.3) is 5.91 Å². The van der Waals surface area contributed by atoms with Crippen molar-refractivity contribution in [1.29, 1.82) is 0 Å². The van der Waals surface area contributed by atoms with Crippen LogP contribution >= 0.6 is 0 Å². The Kier molecular flexibility index (Phi) is 10.8. The molecule has 5 fully saturated rings. The maximum atomic E-state index is 14.2. The van der Waals surface area contributed by atoms with Gasteiger partial charge in [-0.05, 0) is 123 Å². The first-order valence-electron chi connectivity index (χ1n) is 22.7. The van der Waals surface area contributed by atoms with Crippen molar-refractivity contribution in [3.05, 3.63) is 29.4 Å². The number of hydrogen-bond donors (Lipinski definition) is 4. The second-order valence-corrected chi connectivity index (χ2v) is 23.0. The maximum Gasteiger partial charge on any atom is 0.309 e. The fraction of sp³-hybridized carbons (Fsp3) is 0.812. The molecule has 0 bridgehead atoms. The number of esters is 1. The summed E-state index contributed by atoms with van der Waals surface area (Å²) in [5, 5.41) is 28.6. The van der Waals surface area contributed by atoms with Gasteiger partial charge in [0.2, 0.25) is 0 Å². The number of Topliss-reactive ketones (excluding diaryl/α,β-unsaturated/α-hetero) is 1. The number of imidazole rings is 1. The first kappa shape index (κ1) is 44.0. The number of aromatic nitrogens is 2. The van der Waals surface area contributed by atoms with E-state index in [0.29, 0.717) is 43.6 Å². The summed E-state index contributed by atoms with van der Waals surface area (Å²) in [5.74, 6) is -0.585. The molecule has 7 rings (SSSR count). The van der Waals surface area contributed by atoms with Crippen molar-refractivity contribution in [2.24, 2.45) is 75.0 Å². The van der Waals surface area contributed by atoms with Crippen LogP contribution in [0.4, 0.5) is 0 Å². The number of hydrogen-bond acceptors (Lipinski definition) is 8. The Balaban J connectivity index is 1.09. The standard InChI is InChI=1S/C48H74N4O7/c1-27(2)36-31(53)24-48(34(54)25-49-26-42(3,4)51-39(55)38-50-21-22-52(38)12)20-19-46(10)28(37(36)48)13-14-33-45(9)17-16-35(44(7,8)32(45)15-18-47(33,46)11)59-41(58)30-23-29(40(56)57)43(30,5)6/h21-22,27-30,32-35,49,54H,13-20,23-26H2,1-12H3,(H,51,55)(H,56,57)/t28-,29+,30-,32+,33-,34+,35+,45+,46-,47-,48+/m1/s1. The third kappa shape index (κ3) is 6.59. The Morgan fingerprint density at radius 2 is 1.63 bits per heavy atom. The predicted molar refractivity (Wildman–Crippen MR) is 226 cm³/mol. The highest BCUT2D eigenvalue weighted by Gasteiger charge is 2.71. The number of aliphatic hydroxyl groups excluding tert-OH is 1. The van der Waals surface area contributed by atoms with E-state index in [0.717, 1.165) is 56.9 Å². The van der Waals surface area contributed by atoms with Crippen molar-refractivity contribution >= 4 is 23.6 Å². The average molecular weight is 819 g/mol. The molecule has 0 radical (unpaired) electrons. The molecule has 0 aromatic carbocycles. The molecule has 1 aromatic heterocycles.